The summed E-state index contributed by atoms with van der Waals surface area (Å²) >= 11 is 0. The van der Waals surface area contributed by atoms with Crippen LogP contribution in [0, 0.1) is 16.6 Å². The summed E-state index contributed by atoms with van der Waals surface area (Å²) in [6.45, 7) is 9.49. The fraction of sp³-hybridized carbons (Fsp3) is 0.619. The van der Waals surface area contributed by atoms with Gasteiger partial charge in [0.15, 0.2) is 5.96 Å². The van der Waals surface area contributed by atoms with Crippen LogP contribution in [0.2, 0.25) is 0 Å². The van der Waals surface area contributed by atoms with Gasteiger partial charge in [0.25, 0.3) is 0 Å². The number of benzene rings is 1. The number of carbonyl (C=O) groups excluding carboxylic acids is 1. The zero-order valence-electron chi connectivity index (χ0n) is 17.5. The Bertz CT molecular complexity index is 836. The van der Waals surface area contributed by atoms with E-state index in [9.17, 15) is 14.3 Å². The molecule has 0 aromatic heterocycles. The Labute approximate surface area is 166 Å². The van der Waals surface area contributed by atoms with E-state index in [1.165, 1.54) is 11.0 Å². The molecule has 1 aliphatic carbocycles. The third-order valence-corrected chi connectivity index (χ3v) is 6.58. The van der Waals surface area contributed by atoms with Crippen LogP contribution in [0.1, 0.15) is 53.0 Å². The van der Waals surface area contributed by atoms with Crippen LogP contribution in [0.25, 0.3) is 0 Å². The SMILES string of the molecule is CN1C(=O)C(C)(C)C(C)(c2cc(NC3CC(C)(C)C[C@@H]3O)ccc2F)N=C1N. The van der Waals surface area contributed by atoms with Gasteiger partial charge in [-0.15, -0.1) is 0 Å². The van der Waals surface area contributed by atoms with E-state index >= 15 is 0 Å². The van der Waals surface area contributed by atoms with Gasteiger partial charge in [-0.05, 0) is 57.2 Å². The Morgan fingerprint density at radius 2 is 1.89 bits per heavy atom. The van der Waals surface area contributed by atoms with Gasteiger partial charge in [-0.1, -0.05) is 13.8 Å². The molecule has 1 saturated carbocycles. The van der Waals surface area contributed by atoms with Crippen LogP contribution in [0.15, 0.2) is 23.2 Å². The van der Waals surface area contributed by atoms with E-state index in [-0.39, 0.29) is 23.3 Å². The number of nitrogens with zero attached hydrogens (tertiary/aromatic N) is 2. The predicted octanol–water partition coefficient (Wildman–Crippen LogP) is 2.82. The van der Waals surface area contributed by atoms with Crippen molar-refractivity contribution in [1.82, 2.24) is 4.90 Å². The van der Waals surface area contributed by atoms with E-state index in [4.69, 9.17) is 5.73 Å². The lowest BCUT2D eigenvalue weighted by Crippen LogP contribution is -2.58. The standard InChI is InChI=1S/C21H31FN4O2/c1-19(2)10-15(16(27)11-19)24-12-7-8-14(22)13(9-12)21(5)20(3,4)17(28)26(6)18(23)25-21/h7-9,15-16,24,27H,10-11H2,1-6H3,(H2,23,25)/t15?,16-,21?/m0/s1. The second kappa shape index (κ2) is 6.44. The number of hydrogen-bond acceptors (Lipinski definition) is 5. The normalized spacial score (nSPS) is 31.6. The average molecular weight is 391 g/mol. The first-order valence-corrected chi connectivity index (χ1v) is 9.67. The largest absolute Gasteiger partial charge is 0.391 e. The molecular formula is C21H31FN4O2. The van der Waals surface area contributed by atoms with Crippen LogP contribution in [0.4, 0.5) is 10.1 Å². The minimum absolute atomic E-state index is 0.0486. The van der Waals surface area contributed by atoms with E-state index in [1.807, 2.05) is 0 Å². The van der Waals surface area contributed by atoms with Gasteiger partial charge in [-0.3, -0.25) is 9.69 Å². The number of nitrogens with two attached hydrogens (primary N) is 1. The fourth-order valence-electron chi connectivity index (χ4n) is 4.44. The number of amides is 1. The summed E-state index contributed by atoms with van der Waals surface area (Å²) in [7, 11) is 1.57. The van der Waals surface area contributed by atoms with Crippen LogP contribution < -0.4 is 11.1 Å². The highest BCUT2D eigenvalue weighted by atomic mass is 19.1. The Balaban J connectivity index is 2.01. The highest BCUT2D eigenvalue weighted by molar-refractivity contribution is 6.01. The molecule has 6 nitrogen and oxygen atoms in total. The summed E-state index contributed by atoms with van der Waals surface area (Å²) in [5, 5.41) is 13.7. The molecule has 0 bridgehead atoms. The second-order valence-electron chi connectivity index (χ2n) is 9.62. The zero-order chi connectivity index (χ0) is 21.1. The number of guanidine groups is 1. The van der Waals surface area contributed by atoms with Crippen LogP contribution in [0.5, 0.6) is 0 Å². The van der Waals surface area contributed by atoms with Gasteiger partial charge >= 0.3 is 0 Å². The quantitative estimate of drug-likeness (QED) is 0.740. The van der Waals surface area contributed by atoms with Gasteiger partial charge < -0.3 is 16.2 Å². The monoisotopic (exact) mass is 390 g/mol. The van der Waals surface area contributed by atoms with Crippen LogP contribution in [0.3, 0.4) is 0 Å². The second-order valence-corrected chi connectivity index (χ2v) is 9.62. The summed E-state index contributed by atoms with van der Waals surface area (Å²) in [5.74, 6) is -0.590. The molecule has 1 heterocycles. The molecule has 3 atom stereocenters. The highest BCUT2D eigenvalue weighted by Gasteiger charge is 2.54. The Morgan fingerprint density at radius 1 is 1.25 bits per heavy atom. The van der Waals surface area contributed by atoms with Gasteiger partial charge in [0.1, 0.15) is 11.4 Å². The molecule has 4 N–H and O–H groups in total. The smallest absolute Gasteiger partial charge is 0.237 e. The first kappa shape index (κ1) is 20.6. The molecule has 7 heteroatoms. The number of nitrogens with one attached hydrogen (secondary N) is 1. The third kappa shape index (κ3) is 3.15. The molecule has 2 unspecified atom stereocenters. The van der Waals surface area contributed by atoms with Crippen molar-refractivity contribution >= 4 is 17.6 Å². The number of rotatable bonds is 3. The lowest BCUT2D eigenvalue weighted by molar-refractivity contribution is -0.140. The van der Waals surface area contributed by atoms with Crippen molar-refractivity contribution < 1.29 is 14.3 Å². The molecule has 1 aliphatic heterocycles. The van der Waals surface area contributed by atoms with E-state index in [1.54, 1.807) is 40.0 Å². The number of anilines is 1. The molecule has 28 heavy (non-hydrogen) atoms. The number of aliphatic imine (C=N–C) groups is 1. The Kier molecular flexibility index (Phi) is 4.73. The molecule has 0 radical (unpaired) electrons. The molecule has 1 amide bonds. The number of aliphatic hydroxyl groups excluding tert-OH is 1. The third-order valence-electron chi connectivity index (χ3n) is 6.58. The van der Waals surface area contributed by atoms with Crippen LogP contribution >= 0.6 is 0 Å². The maximum Gasteiger partial charge on any atom is 0.237 e. The van der Waals surface area contributed by atoms with E-state index in [2.05, 4.69) is 24.2 Å². The molecule has 0 saturated heterocycles. The lowest BCUT2D eigenvalue weighted by atomic mass is 9.67. The highest BCUT2D eigenvalue weighted by Crippen LogP contribution is 2.48. The van der Waals surface area contributed by atoms with Crippen molar-refractivity contribution in [3.63, 3.8) is 0 Å². The number of halogens is 1. The minimum atomic E-state index is -1.16. The van der Waals surface area contributed by atoms with Crippen molar-refractivity contribution in [3.05, 3.63) is 29.6 Å². The predicted molar refractivity (Wildman–Crippen MR) is 108 cm³/mol. The molecule has 1 fully saturated rings. The Morgan fingerprint density at radius 3 is 2.46 bits per heavy atom. The van der Waals surface area contributed by atoms with Crippen molar-refractivity contribution in [2.75, 3.05) is 12.4 Å². The van der Waals surface area contributed by atoms with Crippen molar-refractivity contribution in [2.45, 2.75) is 65.1 Å². The van der Waals surface area contributed by atoms with E-state index < -0.39 is 22.9 Å². The molecule has 1 aromatic rings. The number of hydrogen-bond donors (Lipinski definition) is 3. The molecular weight excluding hydrogens is 359 g/mol. The zero-order valence-corrected chi connectivity index (χ0v) is 17.5. The lowest BCUT2D eigenvalue weighted by Gasteiger charge is -2.46. The van der Waals surface area contributed by atoms with E-state index in [0.717, 1.165) is 6.42 Å². The first-order valence-electron chi connectivity index (χ1n) is 9.67. The van der Waals surface area contributed by atoms with Gasteiger partial charge in [-0.25, -0.2) is 9.38 Å². The first-order chi connectivity index (χ1) is 12.8. The summed E-state index contributed by atoms with van der Waals surface area (Å²) in [6, 6.07) is 4.60. The summed E-state index contributed by atoms with van der Waals surface area (Å²) < 4.78 is 14.9. The average Bonchev–Trinajstić information content (AvgIpc) is 2.85. The Hall–Kier alpha value is -2.15. The number of carbonyl (C=O) groups is 1. The van der Waals surface area contributed by atoms with Crippen LogP contribution in [-0.4, -0.2) is 41.1 Å². The minimum Gasteiger partial charge on any atom is -0.391 e. The van der Waals surface area contributed by atoms with E-state index in [0.29, 0.717) is 17.7 Å². The van der Waals surface area contributed by atoms with Gasteiger partial charge in [0.05, 0.1) is 17.6 Å². The molecule has 1 aromatic carbocycles. The van der Waals surface area contributed by atoms with Crippen molar-refractivity contribution in [1.29, 1.82) is 0 Å². The maximum absolute atomic E-state index is 14.9. The van der Waals surface area contributed by atoms with Gasteiger partial charge in [0, 0.05) is 18.3 Å². The summed E-state index contributed by atoms with van der Waals surface area (Å²) in [4.78, 5) is 18.7. The van der Waals surface area contributed by atoms with Gasteiger partial charge in [0.2, 0.25) is 5.91 Å². The molecule has 0 spiro atoms. The molecule has 2 aliphatic rings. The topological polar surface area (TPSA) is 91.0 Å². The fourth-order valence-corrected chi connectivity index (χ4v) is 4.44. The number of aliphatic hydroxyl groups is 1. The molecule has 154 valence electrons. The maximum atomic E-state index is 14.9. The van der Waals surface area contributed by atoms with Crippen molar-refractivity contribution in [3.8, 4) is 0 Å². The summed E-state index contributed by atoms with van der Waals surface area (Å²) in [6.07, 6.45) is 1.07. The molecule has 3 rings (SSSR count). The van der Waals surface area contributed by atoms with Crippen molar-refractivity contribution in [2.24, 2.45) is 21.6 Å². The van der Waals surface area contributed by atoms with Crippen LogP contribution in [-0.2, 0) is 10.3 Å². The van der Waals surface area contributed by atoms with Gasteiger partial charge in [-0.2, -0.15) is 0 Å². The summed E-state index contributed by atoms with van der Waals surface area (Å²) in [5.41, 5.74) is 4.85.